The largest absolute Gasteiger partial charge is 0.391 e. The highest BCUT2D eigenvalue weighted by Crippen LogP contribution is 2.14. The standard InChI is InChI=1S/C12H26N2O/c1-4-5-7-12(15)11-10-13(2)8-6-9-14(11)3/h11-12,15H,4-10H2,1-3H3. The molecule has 3 nitrogen and oxygen atoms in total. The molecule has 0 aromatic heterocycles. The van der Waals surface area contributed by atoms with E-state index in [0.29, 0.717) is 6.04 Å². The van der Waals surface area contributed by atoms with E-state index in [1.54, 1.807) is 0 Å². The van der Waals surface area contributed by atoms with Crippen molar-refractivity contribution < 1.29 is 5.11 Å². The topological polar surface area (TPSA) is 26.7 Å². The lowest BCUT2D eigenvalue weighted by molar-refractivity contribution is 0.0504. The Labute approximate surface area is 94.1 Å². The molecule has 1 aliphatic heterocycles. The van der Waals surface area contributed by atoms with E-state index < -0.39 is 0 Å². The molecule has 3 heteroatoms. The van der Waals surface area contributed by atoms with Crippen LogP contribution in [0.5, 0.6) is 0 Å². The highest BCUT2D eigenvalue weighted by Gasteiger charge is 2.26. The molecule has 2 unspecified atom stereocenters. The van der Waals surface area contributed by atoms with Gasteiger partial charge < -0.3 is 10.0 Å². The highest BCUT2D eigenvalue weighted by atomic mass is 16.3. The molecule has 0 bridgehead atoms. The first-order valence-corrected chi connectivity index (χ1v) is 6.22. The lowest BCUT2D eigenvalue weighted by Gasteiger charge is -2.31. The first-order valence-electron chi connectivity index (χ1n) is 6.22. The van der Waals surface area contributed by atoms with E-state index in [1.165, 1.54) is 12.8 Å². The molecule has 1 fully saturated rings. The van der Waals surface area contributed by atoms with Crippen LogP contribution in [0.15, 0.2) is 0 Å². The van der Waals surface area contributed by atoms with Crippen LogP contribution in [0.3, 0.4) is 0 Å². The van der Waals surface area contributed by atoms with Gasteiger partial charge in [0.1, 0.15) is 0 Å². The molecule has 90 valence electrons. The van der Waals surface area contributed by atoms with E-state index in [9.17, 15) is 5.11 Å². The van der Waals surface area contributed by atoms with Crippen LogP contribution in [0.1, 0.15) is 32.6 Å². The average Bonchev–Trinajstić information content (AvgIpc) is 2.37. The summed E-state index contributed by atoms with van der Waals surface area (Å²) in [6.07, 6.45) is 4.30. The summed E-state index contributed by atoms with van der Waals surface area (Å²) in [5, 5.41) is 10.1. The van der Waals surface area contributed by atoms with Gasteiger partial charge in [0, 0.05) is 12.6 Å². The fraction of sp³-hybridized carbons (Fsp3) is 1.00. The predicted molar refractivity (Wildman–Crippen MR) is 64.1 cm³/mol. The molecular formula is C12H26N2O. The number of hydrogen-bond acceptors (Lipinski definition) is 3. The summed E-state index contributed by atoms with van der Waals surface area (Å²) in [5.41, 5.74) is 0. The second-order valence-corrected chi connectivity index (χ2v) is 4.87. The Hall–Kier alpha value is -0.120. The van der Waals surface area contributed by atoms with Crippen molar-refractivity contribution >= 4 is 0 Å². The molecule has 0 amide bonds. The minimum absolute atomic E-state index is 0.157. The van der Waals surface area contributed by atoms with Gasteiger partial charge >= 0.3 is 0 Å². The summed E-state index contributed by atoms with van der Waals surface area (Å²) < 4.78 is 0. The Bertz CT molecular complexity index is 175. The number of aliphatic hydroxyl groups excluding tert-OH is 1. The number of hydrogen-bond donors (Lipinski definition) is 1. The Morgan fingerprint density at radius 1 is 1.33 bits per heavy atom. The molecule has 0 aliphatic carbocycles. The molecule has 1 rings (SSSR count). The molecule has 0 radical (unpaired) electrons. The monoisotopic (exact) mass is 214 g/mol. The van der Waals surface area contributed by atoms with Gasteiger partial charge in [-0.1, -0.05) is 19.8 Å². The zero-order valence-corrected chi connectivity index (χ0v) is 10.4. The minimum Gasteiger partial charge on any atom is -0.391 e. The van der Waals surface area contributed by atoms with Crippen molar-refractivity contribution in [3.05, 3.63) is 0 Å². The zero-order chi connectivity index (χ0) is 11.3. The molecule has 0 saturated carbocycles. The summed E-state index contributed by atoms with van der Waals surface area (Å²) >= 11 is 0. The summed E-state index contributed by atoms with van der Waals surface area (Å²) in [4.78, 5) is 4.66. The van der Waals surface area contributed by atoms with Gasteiger partial charge in [0.05, 0.1) is 6.10 Å². The molecule has 0 aromatic carbocycles. The van der Waals surface area contributed by atoms with Gasteiger partial charge in [-0.05, 0) is 40.0 Å². The maximum absolute atomic E-state index is 10.1. The van der Waals surface area contributed by atoms with Crippen LogP contribution < -0.4 is 0 Å². The van der Waals surface area contributed by atoms with Crippen molar-refractivity contribution in [3.63, 3.8) is 0 Å². The molecular weight excluding hydrogens is 188 g/mol. The van der Waals surface area contributed by atoms with E-state index in [0.717, 1.165) is 32.5 Å². The quantitative estimate of drug-likeness (QED) is 0.761. The van der Waals surface area contributed by atoms with Crippen LogP contribution in [0, 0.1) is 0 Å². The van der Waals surface area contributed by atoms with Crippen molar-refractivity contribution in [2.45, 2.75) is 44.8 Å². The van der Waals surface area contributed by atoms with Crippen molar-refractivity contribution in [2.75, 3.05) is 33.7 Å². The maximum Gasteiger partial charge on any atom is 0.0707 e. The Kier molecular flexibility index (Phi) is 5.58. The third-order valence-corrected chi connectivity index (χ3v) is 3.41. The third-order valence-electron chi connectivity index (χ3n) is 3.41. The average molecular weight is 214 g/mol. The predicted octanol–water partition coefficient (Wildman–Crippen LogP) is 1.17. The van der Waals surface area contributed by atoms with Gasteiger partial charge in [-0.25, -0.2) is 0 Å². The molecule has 1 aliphatic rings. The molecule has 1 heterocycles. The van der Waals surface area contributed by atoms with Crippen LogP contribution >= 0.6 is 0 Å². The van der Waals surface area contributed by atoms with Gasteiger partial charge in [-0.3, -0.25) is 4.90 Å². The molecule has 15 heavy (non-hydrogen) atoms. The fourth-order valence-electron chi connectivity index (χ4n) is 2.33. The molecule has 1 saturated heterocycles. The number of rotatable bonds is 4. The highest BCUT2D eigenvalue weighted by molar-refractivity contribution is 4.82. The van der Waals surface area contributed by atoms with E-state index in [-0.39, 0.29) is 6.10 Å². The van der Waals surface area contributed by atoms with Crippen molar-refractivity contribution in [3.8, 4) is 0 Å². The second-order valence-electron chi connectivity index (χ2n) is 4.87. The Balaban J connectivity index is 2.47. The number of unbranched alkanes of at least 4 members (excludes halogenated alkanes) is 1. The lowest BCUT2D eigenvalue weighted by Crippen LogP contribution is -2.46. The Morgan fingerprint density at radius 3 is 2.73 bits per heavy atom. The van der Waals surface area contributed by atoms with E-state index in [4.69, 9.17) is 0 Å². The van der Waals surface area contributed by atoms with E-state index in [2.05, 4.69) is 30.8 Å². The zero-order valence-electron chi connectivity index (χ0n) is 10.4. The van der Waals surface area contributed by atoms with Crippen LogP contribution in [0.25, 0.3) is 0 Å². The first kappa shape index (κ1) is 12.9. The summed E-state index contributed by atoms with van der Waals surface area (Å²) in [7, 11) is 4.29. The summed E-state index contributed by atoms with van der Waals surface area (Å²) in [6.45, 7) is 5.44. The molecule has 0 aromatic rings. The smallest absolute Gasteiger partial charge is 0.0707 e. The van der Waals surface area contributed by atoms with Gasteiger partial charge in [0.2, 0.25) is 0 Å². The van der Waals surface area contributed by atoms with E-state index in [1.807, 2.05) is 0 Å². The molecule has 0 spiro atoms. The SMILES string of the molecule is CCCCC(O)C1CN(C)CCCN1C. The van der Waals surface area contributed by atoms with Gasteiger partial charge in [0.25, 0.3) is 0 Å². The first-order chi connectivity index (χ1) is 7.15. The Morgan fingerprint density at radius 2 is 2.07 bits per heavy atom. The number of aliphatic hydroxyl groups is 1. The number of likely N-dealkylation sites (N-methyl/N-ethyl adjacent to an activating group) is 2. The summed E-state index contributed by atoms with van der Waals surface area (Å²) in [6, 6.07) is 0.323. The van der Waals surface area contributed by atoms with Crippen LogP contribution in [0.2, 0.25) is 0 Å². The third kappa shape index (κ3) is 4.09. The van der Waals surface area contributed by atoms with Gasteiger partial charge in [0.15, 0.2) is 0 Å². The van der Waals surface area contributed by atoms with Crippen LogP contribution in [0.4, 0.5) is 0 Å². The van der Waals surface area contributed by atoms with Crippen molar-refractivity contribution in [1.82, 2.24) is 9.80 Å². The molecule has 2 atom stereocenters. The fourth-order valence-corrected chi connectivity index (χ4v) is 2.33. The lowest BCUT2D eigenvalue weighted by atomic mass is 10.0. The van der Waals surface area contributed by atoms with E-state index >= 15 is 0 Å². The summed E-state index contributed by atoms with van der Waals surface area (Å²) in [5.74, 6) is 0. The van der Waals surface area contributed by atoms with Crippen LogP contribution in [-0.2, 0) is 0 Å². The van der Waals surface area contributed by atoms with Crippen molar-refractivity contribution in [2.24, 2.45) is 0 Å². The molecule has 1 N–H and O–H groups in total. The van der Waals surface area contributed by atoms with Crippen molar-refractivity contribution in [1.29, 1.82) is 0 Å². The van der Waals surface area contributed by atoms with Crippen LogP contribution in [-0.4, -0.2) is 60.8 Å². The minimum atomic E-state index is -0.157. The number of nitrogens with zero attached hydrogens (tertiary/aromatic N) is 2. The van der Waals surface area contributed by atoms with Gasteiger partial charge in [-0.15, -0.1) is 0 Å². The van der Waals surface area contributed by atoms with Gasteiger partial charge in [-0.2, -0.15) is 0 Å². The normalized spacial score (nSPS) is 27.6. The maximum atomic E-state index is 10.1. The second kappa shape index (κ2) is 6.46.